The second kappa shape index (κ2) is 4.51. The fourth-order valence-electron chi connectivity index (χ4n) is 2.56. The van der Waals surface area contributed by atoms with Crippen LogP contribution in [0.3, 0.4) is 0 Å². The Kier molecular flexibility index (Phi) is 2.99. The molecule has 2 fully saturated rings. The SMILES string of the molecule is CN1CCN(c2noc(CC3(N)CCC3)n2)CC1. The molecule has 1 aromatic rings. The lowest BCUT2D eigenvalue weighted by atomic mass is 9.75. The molecule has 0 unspecified atom stereocenters. The van der Waals surface area contributed by atoms with Gasteiger partial charge in [0.25, 0.3) is 5.95 Å². The molecular formula is C12H21N5O. The van der Waals surface area contributed by atoms with Crippen LogP contribution < -0.4 is 10.6 Å². The van der Waals surface area contributed by atoms with Gasteiger partial charge in [0.1, 0.15) is 0 Å². The van der Waals surface area contributed by atoms with Crippen molar-refractivity contribution in [3.8, 4) is 0 Å². The van der Waals surface area contributed by atoms with Crippen molar-refractivity contribution < 1.29 is 4.52 Å². The summed E-state index contributed by atoms with van der Waals surface area (Å²) in [5, 5.41) is 4.07. The van der Waals surface area contributed by atoms with Gasteiger partial charge in [-0.1, -0.05) is 0 Å². The van der Waals surface area contributed by atoms with E-state index < -0.39 is 0 Å². The summed E-state index contributed by atoms with van der Waals surface area (Å²) >= 11 is 0. The van der Waals surface area contributed by atoms with Gasteiger partial charge in [-0.05, 0) is 31.5 Å². The number of likely N-dealkylation sites (N-methyl/N-ethyl adjacent to an activating group) is 1. The van der Waals surface area contributed by atoms with Crippen LogP contribution in [-0.2, 0) is 6.42 Å². The fourth-order valence-corrected chi connectivity index (χ4v) is 2.56. The fraction of sp³-hybridized carbons (Fsp3) is 0.833. The molecule has 18 heavy (non-hydrogen) atoms. The van der Waals surface area contributed by atoms with E-state index in [1.54, 1.807) is 0 Å². The van der Waals surface area contributed by atoms with E-state index in [0.29, 0.717) is 12.3 Å². The predicted octanol–water partition coefficient (Wildman–Crippen LogP) is 0.245. The lowest BCUT2D eigenvalue weighted by Crippen LogP contribution is -2.48. The summed E-state index contributed by atoms with van der Waals surface area (Å²) in [6.45, 7) is 4.02. The van der Waals surface area contributed by atoms with E-state index >= 15 is 0 Å². The number of hydrogen-bond donors (Lipinski definition) is 1. The van der Waals surface area contributed by atoms with Gasteiger partial charge in [-0.25, -0.2) is 0 Å². The van der Waals surface area contributed by atoms with Gasteiger partial charge in [0.2, 0.25) is 5.89 Å². The Morgan fingerprint density at radius 1 is 1.28 bits per heavy atom. The molecule has 0 atom stereocenters. The zero-order valence-electron chi connectivity index (χ0n) is 10.9. The summed E-state index contributed by atoms with van der Waals surface area (Å²) in [6, 6.07) is 0. The molecule has 0 radical (unpaired) electrons. The van der Waals surface area contributed by atoms with E-state index in [1.165, 1.54) is 6.42 Å². The van der Waals surface area contributed by atoms with Crippen molar-refractivity contribution in [2.45, 2.75) is 31.2 Å². The van der Waals surface area contributed by atoms with Crippen LogP contribution in [0, 0.1) is 0 Å². The number of hydrogen-bond acceptors (Lipinski definition) is 6. The molecule has 0 spiro atoms. The first-order valence-corrected chi connectivity index (χ1v) is 6.70. The molecule has 6 heteroatoms. The van der Waals surface area contributed by atoms with Crippen LogP contribution in [0.25, 0.3) is 0 Å². The van der Waals surface area contributed by atoms with Gasteiger partial charge in [-0.15, -0.1) is 0 Å². The number of anilines is 1. The molecule has 1 aliphatic carbocycles. The van der Waals surface area contributed by atoms with Gasteiger partial charge >= 0.3 is 0 Å². The quantitative estimate of drug-likeness (QED) is 0.830. The highest BCUT2D eigenvalue weighted by Crippen LogP contribution is 2.32. The highest BCUT2D eigenvalue weighted by Gasteiger charge is 2.34. The van der Waals surface area contributed by atoms with Crippen molar-refractivity contribution in [1.29, 1.82) is 0 Å². The Morgan fingerprint density at radius 2 is 2.00 bits per heavy atom. The molecule has 100 valence electrons. The van der Waals surface area contributed by atoms with Crippen LogP contribution in [0.1, 0.15) is 25.2 Å². The number of rotatable bonds is 3. The molecule has 2 heterocycles. The van der Waals surface area contributed by atoms with Crippen LogP contribution >= 0.6 is 0 Å². The highest BCUT2D eigenvalue weighted by atomic mass is 16.5. The van der Waals surface area contributed by atoms with E-state index in [9.17, 15) is 0 Å². The standard InChI is InChI=1S/C12H21N5O/c1-16-5-7-17(8-6-16)11-14-10(18-15-11)9-12(13)3-2-4-12/h2-9,13H2,1H3. The van der Waals surface area contributed by atoms with E-state index in [-0.39, 0.29) is 5.54 Å². The maximum absolute atomic E-state index is 6.19. The molecule has 0 aromatic carbocycles. The van der Waals surface area contributed by atoms with Gasteiger partial charge in [0.05, 0.1) is 0 Å². The molecule has 0 amide bonds. The average Bonchev–Trinajstić information content (AvgIpc) is 2.76. The molecule has 0 bridgehead atoms. The van der Waals surface area contributed by atoms with Crippen LogP contribution in [0.4, 0.5) is 5.95 Å². The van der Waals surface area contributed by atoms with Crippen molar-refractivity contribution in [2.75, 3.05) is 38.1 Å². The Hall–Kier alpha value is -1.14. The summed E-state index contributed by atoms with van der Waals surface area (Å²) in [5.41, 5.74) is 6.10. The largest absolute Gasteiger partial charge is 0.337 e. The zero-order chi connectivity index (χ0) is 12.6. The minimum Gasteiger partial charge on any atom is -0.337 e. The van der Waals surface area contributed by atoms with Crippen LogP contribution in [0.5, 0.6) is 0 Å². The van der Waals surface area contributed by atoms with Crippen LogP contribution in [0.15, 0.2) is 4.52 Å². The molecule has 2 aliphatic rings. The summed E-state index contributed by atoms with van der Waals surface area (Å²) in [4.78, 5) is 8.96. The van der Waals surface area contributed by atoms with Crippen molar-refractivity contribution >= 4 is 5.95 Å². The monoisotopic (exact) mass is 251 g/mol. The lowest BCUT2D eigenvalue weighted by Gasteiger charge is -2.36. The summed E-state index contributed by atoms with van der Waals surface area (Å²) in [5.74, 6) is 1.41. The molecule has 2 N–H and O–H groups in total. The molecule has 6 nitrogen and oxygen atoms in total. The van der Waals surface area contributed by atoms with Gasteiger partial charge in [0.15, 0.2) is 0 Å². The summed E-state index contributed by atoms with van der Waals surface area (Å²) in [7, 11) is 2.13. The zero-order valence-corrected chi connectivity index (χ0v) is 10.9. The smallest absolute Gasteiger partial charge is 0.266 e. The topological polar surface area (TPSA) is 71.4 Å². The number of nitrogens with zero attached hydrogens (tertiary/aromatic N) is 4. The van der Waals surface area contributed by atoms with E-state index in [1.807, 2.05) is 0 Å². The van der Waals surface area contributed by atoms with E-state index in [2.05, 4.69) is 27.0 Å². The van der Waals surface area contributed by atoms with Crippen molar-refractivity contribution in [1.82, 2.24) is 15.0 Å². The van der Waals surface area contributed by atoms with Gasteiger partial charge in [0, 0.05) is 38.1 Å². The average molecular weight is 251 g/mol. The maximum Gasteiger partial charge on any atom is 0.266 e. The van der Waals surface area contributed by atoms with Crippen molar-refractivity contribution in [3.05, 3.63) is 5.89 Å². The van der Waals surface area contributed by atoms with E-state index in [4.69, 9.17) is 10.3 Å². The predicted molar refractivity (Wildman–Crippen MR) is 68.5 cm³/mol. The molecule has 3 rings (SSSR count). The first-order valence-electron chi connectivity index (χ1n) is 6.70. The first-order chi connectivity index (χ1) is 8.65. The molecule has 1 aliphatic heterocycles. The maximum atomic E-state index is 6.19. The third-order valence-electron chi connectivity index (χ3n) is 4.10. The summed E-state index contributed by atoms with van der Waals surface area (Å²) in [6.07, 6.45) is 4.07. The third kappa shape index (κ3) is 2.35. The number of aromatic nitrogens is 2. The lowest BCUT2D eigenvalue weighted by molar-refractivity contribution is 0.221. The highest BCUT2D eigenvalue weighted by molar-refractivity contribution is 5.28. The molecular weight excluding hydrogens is 230 g/mol. The normalized spacial score (nSPS) is 24.0. The Morgan fingerprint density at radius 3 is 2.61 bits per heavy atom. The molecule has 1 aromatic heterocycles. The molecule has 1 saturated heterocycles. The molecule has 1 saturated carbocycles. The van der Waals surface area contributed by atoms with Gasteiger partial charge in [-0.2, -0.15) is 4.98 Å². The number of piperazine rings is 1. The van der Waals surface area contributed by atoms with Gasteiger partial charge < -0.3 is 20.1 Å². The van der Waals surface area contributed by atoms with Crippen LogP contribution in [0.2, 0.25) is 0 Å². The minimum absolute atomic E-state index is 0.0913. The Balaban J connectivity index is 1.62. The minimum atomic E-state index is -0.0913. The van der Waals surface area contributed by atoms with E-state index in [0.717, 1.165) is 45.0 Å². The third-order valence-corrected chi connectivity index (χ3v) is 4.10. The van der Waals surface area contributed by atoms with Crippen molar-refractivity contribution in [2.24, 2.45) is 5.73 Å². The van der Waals surface area contributed by atoms with Crippen LogP contribution in [-0.4, -0.2) is 53.8 Å². The van der Waals surface area contributed by atoms with Crippen molar-refractivity contribution in [3.63, 3.8) is 0 Å². The Bertz CT molecular complexity index is 406. The van der Waals surface area contributed by atoms with Gasteiger partial charge in [-0.3, -0.25) is 0 Å². The summed E-state index contributed by atoms with van der Waals surface area (Å²) < 4.78 is 5.32. The first kappa shape index (κ1) is 11.9. The Labute approximate surface area is 107 Å². The second-order valence-electron chi connectivity index (χ2n) is 5.67. The number of nitrogens with two attached hydrogens (primary N) is 1. The second-order valence-corrected chi connectivity index (χ2v) is 5.67.